The highest BCUT2D eigenvalue weighted by Gasteiger charge is 2.77. The molecule has 0 aromatic carbocycles. The fraction of sp³-hybridized carbons (Fsp3) is 0.850. The number of amides is 3. The second-order valence-electron chi connectivity index (χ2n) is 8.45. The van der Waals surface area contributed by atoms with Crippen molar-refractivity contribution < 1.29 is 24.2 Å². The Bertz CT molecular complexity index is 641. The zero-order chi connectivity index (χ0) is 20.5. The van der Waals surface area contributed by atoms with E-state index in [1.54, 1.807) is 11.9 Å². The second-order valence-corrected chi connectivity index (χ2v) is 8.45. The number of unbranched alkanes of at least 4 members (excludes halogenated alkanes) is 2. The van der Waals surface area contributed by atoms with Crippen LogP contribution in [-0.4, -0.2) is 71.7 Å². The van der Waals surface area contributed by atoms with Crippen LogP contribution in [0, 0.1) is 11.8 Å². The molecule has 28 heavy (non-hydrogen) atoms. The Morgan fingerprint density at radius 2 is 2.00 bits per heavy atom. The van der Waals surface area contributed by atoms with Crippen LogP contribution in [0.3, 0.4) is 0 Å². The van der Waals surface area contributed by atoms with Crippen molar-refractivity contribution in [3.63, 3.8) is 0 Å². The van der Waals surface area contributed by atoms with Crippen molar-refractivity contribution in [2.45, 2.75) is 69.6 Å². The minimum atomic E-state index is -0.946. The number of aliphatic hydroxyl groups excluding tert-OH is 1. The number of likely N-dealkylation sites (tertiary alicyclic amines) is 1. The predicted molar refractivity (Wildman–Crippen MR) is 102 cm³/mol. The van der Waals surface area contributed by atoms with E-state index < -0.39 is 29.1 Å². The smallest absolute Gasteiger partial charge is 0.245 e. The zero-order valence-corrected chi connectivity index (χ0v) is 17.1. The summed E-state index contributed by atoms with van der Waals surface area (Å²) >= 11 is 0. The first-order chi connectivity index (χ1) is 13.4. The Hall–Kier alpha value is -1.67. The molecule has 3 fully saturated rings. The van der Waals surface area contributed by atoms with Crippen LogP contribution in [0.25, 0.3) is 0 Å². The number of ether oxygens (including phenoxy) is 1. The first-order valence-electron chi connectivity index (χ1n) is 10.5. The van der Waals surface area contributed by atoms with Gasteiger partial charge in [-0.25, -0.2) is 0 Å². The molecule has 3 saturated heterocycles. The standard InChI is InChI=1S/C20H33N3O5/c1-4-5-10-22-17(26)15-20-9-8-19(2,28-20)13(16(25)21-3)14(20)18(27)23(15)11-6-7-12-24/h13-15,24H,4-12H2,1-3H3,(H,21,25)(H,22,26)/t13-,14+,15?,19+,20?/m1/s1. The van der Waals surface area contributed by atoms with Gasteiger partial charge >= 0.3 is 0 Å². The van der Waals surface area contributed by atoms with Gasteiger partial charge in [0.15, 0.2) is 0 Å². The minimum absolute atomic E-state index is 0.0411. The molecule has 0 aromatic heterocycles. The van der Waals surface area contributed by atoms with E-state index in [2.05, 4.69) is 17.6 Å². The second kappa shape index (κ2) is 7.99. The number of carbonyl (C=O) groups excluding carboxylic acids is 3. The quantitative estimate of drug-likeness (QED) is 0.483. The number of hydrogen-bond donors (Lipinski definition) is 3. The Morgan fingerprint density at radius 1 is 1.25 bits per heavy atom. The normalized spacial score (nSPS) is 35.9. The van der Waals surface area contributed by atoms with Gasteiger partial charge in [-0.15, -0.1) is 0 Å². The maximum atomic E-state index is 13.4. The average Bonchev–Trinajstić information content (AvgIpc) is 3.23. The predicted octanol–water partition coefficient (Wildman–Crippen LogP) is 0.186. The number of nitrogens with zero attached hydrogens (tertiary/aromatic N) is 1. The highest BCUT2D eigenvalue weighted by Crippen LogP contribution is 2.63. The molecule has 5 atom stereocenters. The van der Waals surface area contributed by atoms with Crippen LogP contribution < -0.4 is 10.6 Å². The molecule has 0 aromatic rings. The summed E-state index contributed by atoms with van der Waals surface area (Å²) in [6.07, 6.45) is 4.24. The van der Waals surface area contributed by atoms with Crippen LogP contribution >= 0.6 is 0 Å². The van der Waals surface area contributed by atoms with E-state index in [0.29, 0.717) is 38.8 Å². The van der Waals surface area contributed by atoms with Gasteiger partial charge in [-0.2, -0.15) is 0 Å². The van der Waals surface area contributed by atoms with Crippen molar-refractivity contribution in [1.29, 1.82) is 0 Å². The number of rotatable bonds is 9. The molecule has 8 nitrogen and oxygen atoms in total. The molecular formula is C20H33N3O5. The van der Waals surface area contributed by atoms with Gasteiger partial charge in [0.1, 0.15) is 11.6 Å². The number of fused-ring (bicyclic) bond motifs is 1. The van der Waals surface area contributed by atoms with Gasteiger partial charge in [-0.3, -0.25) is 14.4 Å². The molecule has 0 aliphatic carbocycles. The summed E-state index contributed by atoms with van der Waals surface area (Å²) < 4.78 is 6.42. The van der Waals surface area contributed by atoms with Gasteiger partial charge in [0.05, 0.1) is 17.4 Å². The van der Waals surface area contributed by atoms with Gasteiger partial charge in [-0.05, 0) is 39.0 Å². The lowest BCUT2D eigenvalue weighted by molar-refractivity contribution is -0.146. The van der Waals surface area contributed by atoms with Gasteiger partial charge in [0.25, 0.3) is 0 Å². The van der Waals surface area contributed by atoms with Gasteiger partial charge in [-0.1, -0.05) is 13.3 Å². The third-order valence-electron chi connectivity index (χ3n) is 6.69. The third-order valence-corrected chi connectivity index (χ3v) is 6.69. The van der Waals surface area contributed by atoms with E-state index in [1.165, 1.54) is 0 Å². The van der Waals surface area contributed by atoms with E-state index in [0.717, 1.165) is 12.8 Å². The van der Waals surface area contributed by atoms with Crippen molar-refractivity contribution in [1.82, 2.24) is 15.5 Å². The topological polar surface area (TPSA) is 108 Å². The minimum Gasteiger partial charge on any atom is -0.396 e. The fourth-order valence-electron chi connectivity index (χ4n) is 5.40. The van der Waals surface area contributed by atoms with Crippen LogP contribution in [0.2, 0.25) is 0 Å². The monoisotopic (exact) mass is 395 g/mol. The Kier molecular flexibility index (Phi) is 6.00. The molecule has 3 aliphatic rings. The largest absolute Gasteiger partial charge is 0.396 e. The van der Waals surface area contributed by atoms with Crippen molar-refractivity contribution in [3.05, 3.63) is 0 Å². The summed E-state index contributed by atoms with van der Waals surface area (Å²) in [5.74, 6) is -1.81. The van der Waals surface area contributed by atoms with E-state index in [4.69, 9.17) is 9.84 Å². The molecule has 3 rings (SSSR count). The lowest BCUT2D eigenvalue weighted by Gasteiger charge is -2.33. The molecule has 2 bridgehead atoms. The summed E-state index contributed by atoms with van der Waals surface area (Å²) in [5, 5.41) is 14.8. The maximum Gasteiger partial charge on any atom is 0.245 e. The third kappa shape index (κ3) is 3.10. The van der Waals surface area contributed by atoms with E-state index in [-0.39, 0.29) is 24.3 Å². The zero-order valence-electron chi connectivity index (χ0n) is 17.1. The fourth-order valence-corrected chi connectivity index (χ4v) is 5.40. The summed E-state index contributed by atoms with van der Waals surface area (Å²) in [5.41, 5.74) is -1.67. The number of nitrogens with one attached hydrogen (secondary N) is 2. The Labute approximate surface area is 166 Å². The van der Waals surface area contributed by atoms with Crippen LogP contribution in [0.4, 0.5) is 0 Å². The summed E-state index contributed by atoms with van der Waals surface area (Å²) in [4.78, 5) is 40.8. The Balaban J connectivity index is 1.94. The summed E-state index contributed by atoms with van der Waals surface area (Å²) in [6.45, 7) is 4.91. The molecular weight excluding hydrogens is 362 g/mol. The number of hydrogen-bond acceptors (Lipinski definition) is 5. The SMILES string of the molecule is CCCCNC(=O)C1N(CCCCO)C(=O)[C@@H]2[C@H](C(=O)NC)[C@]3(C)CCC12O3. The first kappa shape index (κ1) is 21.0. The van der Waals surface area contributed by atoms with Crippen molar-refractivity contribution in [2.75, 3.05) is 26.7 Å². The highest BCUT2D eigenvalue weighted by atomic mass is 16.5. The molecule has 3 amide bonds. The van der Waals surface area contributed by atoms with Gasteiger partial charge in [0.2, 0.25) is 17.7 Å². The van der Waals surface area contributed by atoms with Crippen molar-refractivity contribution in [3.8, 4) is 0 Å². The summed E-state index contributed by atoms with van der Waals surface area (Å²) in [7, 11) is 1.57. The van der Waals surface area contributed by atoms with Crippen molar-refractivity contribution >= 4 is 17.7 Å². The van der Waals surface area contributed by atoms with Crippen LogP contribution in [0.15, 0.2) is 0 Å². The lowest BCUT2D eigenvalue weighted by Crippen LogP contribution is -2.55. The first-order valence-corrected chi connectivity index (χ1v) is 10.5. The lowest BCUT2D eigenvalue weighted by atomic mass is 9.66. The molecule has 2 unspecified atom stereocenters. The molecule has 0 saturated carbocycles. The van der Waals surface area contributed by atoms with E-state index in [9.17, 15) is 14.4 Å². The molecule has 3 heterocycles. The molecule has 8 heteroatoms. The van der Waals surface area contributed by atoms with Gasteiger partial charge in [0, 0.05) is 26.7 Å². The van der Waals surface area contributed by atoms with Crippen LogP contribution in [-0.2, 0) is 19.1 Å². The molecule has 0 radical (unpaired) electrons. The highest BCUT2D eigenvalue weighted by molar-refractivity contribution is 5.99. The molecule has 158 valence electrons. The van der Waals surface area contributed by atoms with E-state index in [1.807, 2.05) is 6.92 Å². The van der Waals surface area contributed by atoms with Crippen molar-refractivity contribution in [2.24, 2.45) is 11.8 Å². The number of aliphatic hydroxyl groups is 1. The van der Waals surface area contributed by atoms with Crippen LogP contribution in [0.5, 0.6) is 0 Å². The number of carbonyl (C=O) groups is 3. The summed E-state index contributed by atoms with van der Waals surface area (Å²) in [6, 6.07) is -0.725. The van der Waals surface area contributed by atoms with Gasteiger partial charge < -0.3 is 25.4 Å². The molecule has 3 aliphatic heterocycles. The molecule has 1 spiro atoms. The van der Waals surface area contributed by atoms with E-state index >= 15 is 0 Å². The Morgan fingerprint density at radius 3 is 2.64 bits per heavy atom. The van der Waals surface area contributed by atoms with Crippen LogP contribution in [0.1, 0.15) is 52.4 Å². The average molecular weight is 396 g/mol. The molecule has 3 N–H and O–H groups in total. The maximum absolute atomic E-state index is 13.4.